The van der Waals surface area contributed by atoms with Crippen molar-refractivity contribution in [1.29, 1.82) is 0 Å². The second-order valence-corrected chi connectivity index (χ2v) is 51.3. The number of benzene rings is 18. The van der Waals surface area contributed by atoms with E-state index in [2.05, 4.69) is 340 Å². The highest BCUT2D eigenvalue weighted by Gasteiger charge is 2.45. The Hall–Kier alpha value is -13.2. The molecule has 1 atom stereocenters. The van der Waals surface area contributed by atoms with E-state index in [0.29, 0.717) is 12.8 Å². The third-order valence-corrected chi connectivity index (χ3v) is 43.8. The number of aliphatic hydroxyl groups is 6. The van der Waals surface area contributed by atoms with Crippen molar-refractivity contribution in [2.75, 3.05) is 0 Å². The lowest BCUT2D eigenvalue weighted by molar-refractivity contribution is -0.000630. The predicted octanol–water partition coefficient (Wildman–Crippen LogP) is 36.1. The number of rotatable bonds is 16. The average Bonchev–Trinajstić information content (AvgIpc) is 1.59. The Bertz CT molecular complexity index is 7840. The van der Waals surface area contributed by atoms with Gasteiger partial charge in [-0.15, -0.1) is 0 Å². The second kappa shape index (κ2) is 44.2. The molecule has 2 aliphatic carbocycles. The molecule has 21 aromatic rings. The maximum atomic E-state index is 11.0. The van der Waals surface area contributed by atoms with Gasteiger partial charge in [0.15, 0.2) is 92.1 Å². The highest BCUT2D eigenvalue weighted by atomic mass is 32.2. The lowest BCUT2D eigenvalue weighted by atomic mass is 9.80. The normalized spacial score (nSPS) is 14.6. The topological polar surface area (TPSA) is 149 Å². The van der Waals surface area contributed by atoms with Crippen molar-refractivity contribution in [3.8, 4) is 49.2 Å². The van der Waals surface area contributed by atoms with E-state index in [-0.39, 0.29) is 64.1 Å². The zero-order valence-electron chi connectivity index (χ0n) is 85.2. The van der Waals surface area contributed by atoms with Crippen LogP contribution in [0, 0.1) is 0 Å². The van der Waals surface area contributed by atoms with Gasteiger partial charge in [0.05, 0.1) is 34.1 Å². The minimum absolute atomic E-state index is 0.0455. The molecular weight excluding hydrogens is 1950 g/mol. The molecule has 0 bridgehead atoms. The smallest absolute Gasteiger partial charge is 0.209 e. The van der Waals surface area contributed by atoms with Gasteiger partial charge in [-0.1, -0.05) is 278 Å². The lowest BCUT2D eigenvalue weighted by Crippen LogP contribution is -2.28. The van der Waals surface area contributed by atoms with Gasteiger partial charge in [0, 0.05) is 63.7 Å². The van der Waals surface area contributed by atoms with E-state index in [1.54, 1.807) is 6.92 Å². The summed E-state index contributed by atoms with van der Waals surface area (Å²) in [5.74, 6) is 5.55. The Morgan fingerprint density at radius 1 is 0.248 bits per heavy atom. The fourth-order valence-electron chi connectivity index (χ4n) is 21.5. The monoisotopic (exact) mass is 2070 g/mol. The molecule has 6 N–H and O–H groups in total. The van der Waals surface area contributed by atoms with E-state index in [9.17, 15) is 30.6 Å². The van der Waals surface area contributed by atoms with Crippen LogP contribution in [0.5, 0.6) is 34.5 Å². The molecule has 2 fully saturated rings. The van der Waals surface area contributed by atoms with Gasteiger partial charge in [-0.25, -0.2) is 0 Å². The van der Waals surface area contributed by atoms with Gasteiger partial charge in [0.1, 0.15) is 32.7 Å². The van der Waals surface area contributed by atoms with E-state index < -0.39 is 34.1 Å². The van der Waals surface area contributed by atoms with Gasteiger partial charge in [0.25, 0.3) is 0 Å². The van der Waals surface area contributed by atoms with Gasteiger partial charge < -0.3 is 44.8 Å². The van der Waals surface area contributed by atoms with E-state index in [1.165, 1.54) is 126 Å². The first-order valence-corrected chi connectivity index (χ1v) is 59.5. The molecule has 0 spiro atoms. The summed E-state index contributed by atoms with van der Waals surface area (Å²) < 4.78 is 26.7. The van der Waals surface area contributed by atoms with E-state index in [1.807, 2.05) is 139 Å². The van der Waals surface area contributed by atoms with E-state index in [4.69, 9.17) is 14.2 Å². The van der Waals surface area contributed by atoms with Crippen LogP contribution in [0.4, 0.5) is 0 Å². The molecule has 3 aliphatic heterocycles. The number of thiophene rings is 3. The standard InChI is InChI=1S/C24H23OS.C23H23O2S.C23H21OS.C23H23OS.C21H19O2S.C20H17O2S/c25-24(16-6-1-7-17-24)18-12-14-19(15-13-18)26-22-10-4-2-8-20(22)21-9-3-5-11-23(21)26;1-3-23(24,4-2)17-13-15-18(16-14-17)26-21-11-7-5-9-19(21)25-20-10-6-8-12-22(20)26;24-23(15-5-6-16-23)17-11-13-18(14-12-17)25-21-9-3-1-7-19(21)20-8-2-4-10-22(20)25;1-3-23(24,4-2)17-13-15-18(16-14-17)25-21-11-7-5-9-19(21)20-10-6-8-12-22(20)25;1-21(2,22)15-11-13-16(14-12-15)24-19-9-5-3-7-17(19)23-18-8-4-6-10-20(18)24;1-14(21)15-10-12-16(13-11-15)23-19-8-4-2-6-17(19)22-18-7-3-5-9-20(18)23/h2-5,8-15,25H,1,6-7,16-17H2;5-16,24H,3-4H2,1-2H3;1-4,7-14,24H,5-6,15-16H2;5-16,24H,3-4H2,1-2H3;3-14,22H,1-2H3;2-14,21H,1H3/q6*+1. The maximum Gasteiger partial charge on any atom is 0.209 e. The molecule has 15 heteroatoms. The molecule has 3 aromatic heterocycles. The van der Waals surface area contributed by atoms with Crippen molar-refractivity contribution in [3.05, 3.63) is 470 Å². The average molecular weight is 2070 g/mol. The molecule has 6 heterocycles. The number of para-hydroxylation sites is 6. The number of aliphatic hydroxyl groups excluding tert-OH is 1. The van der Waals surface area contributed by atoms with Crippen LogP contribution < -0.4 is 14.2 Å². The SMILES string of the molecule is CC(C)(O)c1ccc([S+]2c3ccccc3Oc3ccccc32)cc1.CC(O)c1ccc([S+]2c3ccccc3Oc3ccccc32)cc1.CCC(O)(CC)c1ccc(-[s+]2c3ccccc3c3ccccc32)cc1.CCC(O)(CC)c1ccc([S+]2c3ccccc3Oc3ccccc32)cc1.OC1(c2ccc(-[s+]3c4ccccc4c4ccccc43)cc2)CCCC1.OC1(c2ccc(-[s+]3c4ccccc4c4ccccc43)cc2)CCCCC1. The van der Waals surface area contributed by atoms with E-state index in [0.717, 1.165) is 132 Å². The molecule has 5 aliphatic rings. The summed E-state index contributed by atoms with van der Waals surface area (Å²) in [6.45, 7) is 13.6. The largest absolute Gasteiger partial charge is 0.447 e. The highest BCUT2D eigenvalue weighted by Crippen LogP contribution is 2.56. The van der Waals surface area contributed by atoms with Crippen molar-refractivity contribution in [2.45, 2.75) is 210 Å². The van der Waals surface area contributed by atoms with Gasteiger partial charge in [0.2, 0.25) is 29.4 Å². The molecule has 0 radical (unpaired) electrons. The maximum absolute atomic E-state index is 11.0. The Balaban J connectivity index is 0.000000105. The summed E-state index contributed by atoms with van der Waals surface area (Å²) in [6, 6.07) is 153. The summed E-state index contributed by atoms with van der Waals surface area (Å²) in [4.78, 5) is 14.9. The molecule has 746 valence electrons. The Morgan fingerprint density at radius 2 is 0.450 bits per heavy atom. The predicted molar refractivity (Wildman–Crippen MR) is 625 cm³/mol. The van der Waals surface area contributed by atoms with Gasteiger partial charge in [-0.05, 0) is 324 Å². The van der Waals surface area contributed by atoms with Crippen LogP contribution in [0.1, 0.15) is 171 Å². The second-order valence-electron chi connectivity index (χ2n) is 39.5. The first-order chi connectivity index (χ1) is 72.6. The Kier molecular flexibility index (Phi) is 30.1. The van der Waals surface area contributed by atoms with Crippen LogP contribution in [0.25, 0.3) is 75.2 Å². The minimum Gasteiger partial charge on any atom is -0.447 e. The molecule has 9 nitrogen and oxygen atoms in total. The van der Waals surface area contributed by atoms with Crippen molar-refractivity contribution >= 4 is 125 Å². The molecule has 18 aromatic carbocycles. The Labute approximate surface area is 891 Å². The number of ether oxygens (including phenoxy) is 3. The zero-order chi connectivity index (χ0) is 103. The van der Waals surface area contributed by atoms with Gasteiger partial charge in [-0.2, -0.15) is 0 Å². The lowest BCUT2D eigenvalue weighted by Gasteiger charge is -2.32. The quantitative estimate of drug-likeness (QED) is 0.0520. The molecular formula is C134H126O9S6+6. The summed E-state index contributed by atoms with van der Waals surface area (Å²) in [7, 11) is -0.745. The van der Waals surface area contributed by atoms with Crippen LogP contribution in [0.2, 0.25) is 0 Å². The number of hydrogen-bond donors (Lipinski definition) is 6. The van der Waals surface area contributed by atoms with Crippen molar-refractivity contribution < 1.29 is 44.8 Å². The third kappa shape index (κ3) is 20.6. The summed E-state index contributed by atoms with van der Waals surface area (Å²) in [5, 5.41) is 71.5. The van der Waals surface area contributed by atoms with Crippen LogP contribution in [-0.4, -0.2) is 30.6 Å². The Morgan fingerprint density at radius 3 is 0.685 bits per heavy atom. The summed E-state index contributed by atoms with van der Waals surface area (Å²) >= 11 is 0. The number of hydrogen-bond acceptors (Lipinski definition) is 9. The minimum atomic E-state index is -0.826. The molecule has 1 unspecified atom stereocenters. The van der Waals surface area contributed by atoms with Crippen molar-refractivity contribution in [1.82, 2.24) is 0 Å². The van der Waals surface area contributed by atoms with Crippen LogP contribution in [0.3, 0.4) is 0 Å². The molecule has 0 saturated heterocycles. The first kappa shape index (κ1) is 102. The van der Waals surface area contributed by atoms with Crippen LogP contribution in [0.15, 0.2) is 481 Å². The fraction of sp³-hybridized carbons (Fsp3) is 0.194. The van der Waals surface area contributed by atoms with Crippen LogP contribution in [-0.2, 0) is 60.7 Å². The molecule has 149 heavy (non-hydrogen) atoms. The summed E-state index contributed by atoms with van der Waals surface area (Å²) in [6.07, 6.45) is 11.8. The first-order valence-electron chi connectivity index (χ1n) is 52.2. The van der Waals surface area contributed by atoms with Gasteiger partial charge in [-0.3, -0.25) is 0 Å². The third-order valence-electron chi connectivity index (χ3n) is 29.9. The van der Waals surface area contributed by atoms with Crippen LogP contribution >= 0.6 is 31.4 Å². The molecule has 0 amide bonds. The number of fused-ring (bicyclic) bond motifs is 15. The van der Waals surface area contributed by atoms with Crippen molar-refractivity contribution in [3.63, 3.8) is 0 Å². The van der Waals surface area contributed by atoms with Gasteiger partial charge >= 0.3 is 0 Å². The molecule has 2 saturated carbocycles. The van der Waals surface area contributed by atoms with Crippen molar-refractivity contribution in [2.24, 2.45) is 0 Å². The van der Waals surface area contributed by atoms with E-state index >= 15 is 0 Å². The molecule has 26 rings (SSSR count). The zero-order valence-corrected chi connectivity index (χ0v) is 90.1. The highest BCUT2D eigenvalue weighted by molar-refractivity contribution is 7.98. The summed E-state index contributed by atoms with van der Waals surface area (Å²) in [5.41, 5.74) is 2.53. The fourth-order valence-corrected chi connectivity index (χ4v) is 35.2.